The number of hydrogen-bond acceptors (Lipinski definition) is 5. The highest BCUT2D eigenvalue weighted by atomic mass is 16.5. The van der Waals surface area contributed by atoms with E-state index in [-0.39, 0.29) is 11.9 Å². The molecule has 0 saturated carbocycles. The van der Waals surface area contributed by atoms with Crippen LogP contribution in [-0.4, -0.2) is 36.6 Å². The van der Waals surface area contributed by atoms with Gasteiger partial charge in [0.2, 0.25) is 0 Å². The van der Waals surface area contributed by atoms with Crippen LogP contribution < -0.4 is 10.1 Å². The van der Waals surface area contributed by atoms with E-state index in [0.717, 1.165) is 22.6 Å². The van der Waals surface area contributed by atoms with Gasteiger partial charge in [0.15, 0.2) is 0 Å². The minimum atomic E-state index is -0.129. The SMILES string of the molecule is Cc1noc(C)c1COc1cccc(C(=O)NCC(c2ccccc2)N(C)C)c1. The molecule has 1 heterocycles. The van der Waals surface area contributed by atoms with Crippen LogP contribution in [0.3, 0.4) is 0 Å². The Hall–Kier alpha value is -3.12. The predicted octanol–water partition coefficient (Wildman–Crippen LogP) is 3.90. The Bertz CT molecular complexity index is 932. The van der Waals surface area contributed by atoms with E-state index in [9.17, 15) is 4.79 Å². The van der Waals surface area contributed by atoms with E-state index in [1.807, 2.05) is 58.3 Å². The molecule has 0 aliphatic heterocycles. The summed E-state index contributed by atoms with van der Waals surface area (Å²) >= 11 is 0. The highest BCUT2D eigenvalue weighted by molar-refractivity contribution is 5.94. The smallest absolute Gasteiger partial charge is 0.251 e. The first-order valence-electron chi connectivity index (χ1n) is 9.60. The maximum Gasteiger partial charge on any atom is 0.251 e. The van der Waals surface area contributed by atoms with Crippen LogP contribution in [0.2, 0.25) is 0 Å². The Morgan fingerprint density at radius 3 is 2.55 bits per heavy atom. The monoisotopic (exact) mass is 393 g/mol. The number of amides is 1. The van der Waals surface area contributed by atoms with Crippen LogP contribution in [0, 0.1) is 13.8 Å². The Morgan fingerprint density at radius 1 is 1.14 bits per heavy atom. The van der Waals surface area contributed by atoms with Gasteiger partial charge >= 0.3 is 0 Å². The van der Waals surface area contributed by atoms with Gasteiger partial charge in [-0.2, -0.15) is 0 Å². The van der Waals surface area contributed by atoms with Crippen molar-refractivity contribution in [1.82, 2.24) is 15.4 Å². The summed E-state index contributed by atoms with van der Waals surface area (Å²) in [4.78, 5) is 14.8. The normalized spacial score (nSPS) is 12.0. The molecule has 0 radical (unpaired) electrons. The molecule has 0 fully saturated rings. The topological polar surface area (TPSA) is 67.6 Å². The lowest BCUT2D eigenvalue weighted by atomic mass is 10.1. The first-order chi connectivity index (χ1) is 14.0. The summed E-state index contributed by atoms with van der Waals surface area (Å²) in [6.45, 7) is 4.60. The molecule has 0 aliphatic carbocycles. The molecule has 0 spiro atoms. The Kier molecular flexibility index (Phi) is 6.67. The van der Waals surface area contributed by atoms with Crippen LogP contribution in [0.4, 0.5) is 0 Å². The lowest BCUT2D eigenvalue weighted by molar-refractivity contribution is 0.0941. The quantitative estimate of drug-likeness (QED) is 0.629. The summed E-state index contributed by atoms with van der Waals surface area (Å²) in [7, 11) is 4.01. The van der Waals surface area contributed by atoms with Crippen molar-refractivity contribution in [2.45, 2.75) is 26.5 Å². The van der Waals surface area contributed by atoms with E-state index < -0.39 is 0 Å². The van der Waals surface area contributed by atoms with Crippen molar-refractivity contribution >= 4 is 5.91 Å². The number of aromatic nitrogens is 1. The summed E-state index contributed by atoms with van der Waals surface area (Å²) < 4.78 is 11.0. The molecule has 0 bridgehead atoms. The standard InChI is InChI=1S/C23H27N3O3/c1-16-21(17(2)29-25-16)15-28-20-12-8-11-19(13-20)23(27)24-14-22(26(3)4)18-9-6-5-7-10-18/h5-13,22H,14-15H2,1-4H3,(H,24,27). The number of rotatable bonds is 8. The first-order valence-corrected chi connectivity index (χ1v) is 9.60. The highest BCUT2D eigenvalue weighted by Gasteiger charge is 2.16. The molecule has 3 rings (SSSR count). The summed E-state index contributed by atoms with van der Waals surface area (Å²) in [5.74, 6) is 1.24. The molecule has 0 aliphatic rings. The fourth-order valence-electron chi connectivity index (χ4n) is 3.16. The molecule has 3 aromatic rings. The second-order valence-corrected chi connectivity index (χ2v) is 7.22. The molecule has 6 heteroatoms. The van der Waals surface area contributed by atoms with Gasteiger partial charge in [0.25, 0.3) is 5.91 Å². The number of carbonyl (C=O) groups excluding carboxylic acids is 1. The van der Waals surface area contributed by atoms with Gasteiger partial charge in [-0.3, -0.25) is 4.79 Å². The fourth-order valence-corrected chi connectivity index (χ4v) is 3.16. The van der Waals surface area contributed by atoms with Crippen LogP contribution in [0.25, 0.3) is 0 Å². The van der Waals surface area contributed by atoms with Crippen LogP contribution >= 0.6 is 0 Å². The van der Waals surface area contributed by atoms with Gasteiger partial charge in [-0.1, -0.05) is 41.6 Å². The zero-order chi connectivity index (χ0) is 20.8. The molecule has 29 heavy (non-hydrogen) atoms. The number of carbonyl (C=O) groups is 1. The van der Waals surface area contributed by atoms with Crippen molar-refractivity contribution in [3.05, 3.63) is 82.7 Å². The van der Waals surface area contributed by atoms with Gasteiger partial charge in [-0.15, -0.1) is 0 Å². The van der Waals surface area contributed by atoms with Crippen LogP contribution in [-0.2, 0) is 6.61 Å². The lowest BCUT2D eigenvalue weighted by Gasteiger charge is -2.25. The maximum absolute atomic E-state index is 12.7. The zero-order valence-corrected chi connectivity index (χ0v) is 17.3. The minimum Gasteiger partial charge on any atom is -0.489 e. The third-order valence-electron chi connectivity index (χ3n) is 4.92. The molecule has 0 saturated heterocycles. The van der Waals surface area contributed by atoms with E-state index in [1.54, 1.807) is 12.1 Å². The average molecular weight is 393 g/mol. The fraction of sp³-hybridized carbons (Fsp3) is 0.304. The molecular formula is C23H27N3O3. The first kappa shape index (κ1) is 20.6. The Balaban J connectivity index is 1.63. The van der Waals surface area contributed by atoms with Gasteiger partial charge in [0.1, 0.15) is 18.1 Å². The van der Waals surface area contributed by atoms with Crippen LogP contribution in [0.15, 0.2) is 59.1 Å². The predicted molar refractivity (Wildman–Crippen MR) is 112 cm³/mol. The summed E-state index contributed by atoms with van der Waals surface area (Å²) in [6, 6.07) is 17.4. The molecule has 1 N–H and O–H groups in total. The molecule has 1 aromatic heterocycles. The average Bonchev–Trinajstić information content (AvgIpc) is 3.04. The zero-order valence-electron chi connectivity index (χ0n) is 17.3. The number of aryl methyl sites for hydroxylation is 2. The number of benzene rings is 2. The van der Waals surface area contributed by atoms with E-state index in [4.69, 9.17) is 9.26 Å². The van der Waals surface area contributed by atoms with Crippen molar-refractivity contribution in [2.75, 3.05) is 20.6 Å². The van der Waals surface area contributed by atoms with Crippen molar-refractivity contribution in [1.29, 1.82) is 0 Å². The third kappa shape index (κ3) is 5.23. The van der Waals surface area contributed by atoms with Crippen LogP contribution in [0.1, 0.15) is 39.0 Å². The second kappa shape index (κ2) is 9.39. The van der Waals surface area contributed by atoms with Gasteiger partial charge in [0, 0.05) is 12.1 Å². The van der Waals surface area contributed by atoms with Crippen molar-refractivity contribution in [3.8, 4) is 5.75 Å². The number of ether oxygens (including phenoxy) is 1. The molecule has 1 atom stereocenters. The summed E-state index contributed by atoms with van der Waals surface area (Å²) in [5.41, 5.74) is 3.46. The van der Waals surface area contributed by atoms with Gasteiger partial charge in [-0.25, -0.2) is 0 Å². The number of nitrogens with zero attached hydrogens (tertiary/aromatic N) is 2. The van der Waals surface area contributed by atoms with Crippen molar-refractivity contribution in [2.24, 2.45) is 0 Å². The summed E-state index contributed by atoms with van der Waals surface area (Å²) in [6.07, 6.45) is 0. The highest BCUT2D eigenvalue weighted by Crippen LogP contribution is 2.20. The van der Waals surface area contributed by atoms with E-state index in [0.29, 0.717) is 24.5 Å². The van der Waals surface area contributed by atoms with Gasteiger partial charge in [0.05, 0.1) is 17.3 Å². The minimum absolute atomic E-state index is 0.0964. The molecule has 2 aromatic carbocycles. The second-order valence-electron chi connectivity index (χ2n) is 7.22. The van der Waals surface area contributed by atoms with E-state index >= 15 is 0 Å². The molecular weight excluding hydrogens is 366 g/mol. The number of nitrogens with one attached hydrogen (secondary N) is 1. The number of likely N-dealkylation sites (N-methyl/N-ethyl adjacent to an activating group) is 1. The van der Waals surface area contributed by atoms with Gasteiger partial charge in [-0.05, 0) is 51.7 Å². The number of hydrogen-bond donors (Lipinski definition) is 1. The largest absolute Gasteiger partial charge is 0.489 e. The van der Waals surface area contributed by atoms with E-state index in [2.05, 4.69) is 27.5 Å². The molecule has 6 nitrogen and oxygen atoms in total. The lowest BCUT2D eigenvalue weighted by Crippen LogP contribution is -2.34. The van der Waals surface area contributed by atoms with E-state index in [1.165, 1.54) is 0 Å². The van der Waals surface area contributed by atoms with Crippen molar-refractivity contribution < 1.29 is 14.1 Å². The maximum atomic E-state index is 12.7. The summed E-state index contributed by atoms with van der Waals surface area (Å²) in [5, 5.41) is 6.96. The van der Waals surface area contributed by atoms with Gasteiger partial charge < -0.3 is 19.5 Å². The van der Waals surface area contributed by atoms with Crippen molar-refractivity contribution in [3.63, 3.8) is 0 Å². The molecule has 1 amide bonds. The molecule has 1 unspecified atom stereocenters. The van der Waals surface area contributed by atoms with Crippen LogP contribution in [0.5, 0.6) is 5.75 Å². The Labute approximate surface area is 171 Å². The Morgan fingerprint density at radius 2 is 1.90 bits per heavy atom. The third-order valence-corrected chi connectivity index (χ3v) is 4.92. The molecule has 152 valence electrons.